The molecule has 0 heterocycles. The first kappa shape index (κ1) is 25.6. The highest BCUT2D eigenvalue weighted by Gasteiger charge is 2.32. The standard InChI is InChI=1S/C27H38NO4/c1-19(2)28(7,20(3)4)16-15-25(24-11-9-8-10-12-24)26-17-23(18-31-21(5)29)13-14-27(26)32-22(6)30/h8-14,17,19-20,25H,15-16,18H2,1-7H3/q+1/t25-/m1/s1. The fraction of sp³-hybridized carbons (Fsp3) is 0.481. The van der Waals surface area contributed by atoms with E-state index in [1.165, 1.54) is 19.4 Å². The predicted molar refractivity (Wildman–Crippen MR) is 127 cm³/mol. The van der Waals surface area contributed by atoms with Gasteiger partial charge in [-0.2, -0.15) is 0 Å². The van der Waals surface area contributed by atoms with E-state index < -0.39 is 0 Å². The molecular formula is C27H38NO4+. The SMILES string of the molecule is CC(=O)OCc1ccc(OC(C)=O)c([C@H](CC[N+](C)(C(C)C)C(C)C)c2ccccc2)c1. The van der Waals surface area contributed by atoms with Gasteiger partial charge in [0.15, 0.2) is 0 Å². The van der Waals surface area contributed by atoms with Crippen molar-refractivity contribution < 1.29 is 23.5 Å². The molecule has 0 saturated heterocycles. The van der Waals surface area contributed by atoms with Crippen molar-refractivity contribution in [2.45, 2.75) is 72.6 Å². The number of benzene rings is 2. The smallest absolute Gasteiger partial charge is 0.308 e. The topological polar surface area (TPSA) is 52.6 Å². The minimum Gasteiger partial charge on any atom is -0.461 e. The van der Waals surface area contributed by atoms with E-state index in [0.29, 0.717) is 17.8 Å². The molecule has 0 spiro atoms. The monoisotopic (exact) mass is 440 g/mol. The van der Waals surface area contributed by atoms with Crippen LogP contribution in [0.3, 0.4) is 0 Å². The molecule has 0 aliphatic rings. The van der Waals surface area contributed by atoms with Gasteiger partial charge in [-0.3, -0.25) is 9.59 Å². The van der Waals surface area contributed by atoms with Gasteiger partial charge in [0, 0.05) is 31.7 Å². The highest BCUT2D eigenvalue weighted by molar-refractivity contribution is 5.70. The summed E-state index contributed by atoms with van der Waals surface area (Å²) in [6, 6.07) is 16.9. The maximum atomic E-state index is 11.8. The Morgan fingerprint density at radius 3 is 2.06 bits per heavy atom. The zero-order valence-corrected chi connectivity index (χ0v) is 20.6. The Kier molecular flexibility index (Phi) is 9.02. The summed E-state index contributed by atoms with van der Waals surface area (Å²) in [5, 5.41) is 0. The molecule has 0 amide bonds. The zero-order chi connectivity index (χ0) is 23.9. The number of carbonyl (C=O) groups excluding carboxylic acids is 2. The number of hydrogen-bond acceptors (Lipinski definition) is 4. The van der Waals surface area contributed by atoms with E-state index >= 15 is 0 Å². The highest BCUT2D eigenvalue weighted by Crippen LogP contribution is 2.37. The van der Waals surface area contributed by atoms with Crippen molar-refractivity contribution in [1.29, 1.82) is 0 Å². The van der Waals surface area contributed by atoms with E-state index in [4.69, 9.17) is 9.47 Å². The minimum absolute atomic E-state index is 0.0396. The van der Waals surface area contributed by atoms with Crippen molar-refractivity contribution >= 4 is 11.9 Å². The molecule has 0 radical (unpaired) electrons. The van der Waals surface area contributed by atoms with Crippen LogP contribution >= 0.6 is 0 Å². The van der Waals surface area contributed by atoms with Crippen molar-refractivity contribution in [2.24, 2.45) is 0 Å². The third-order valence-electron chi connectivity index (χ3n) is 6.61. The van der Waals surface area contributed by atoms with Gasteiger partial charge in [-0.05, 0) is 51.0 Å². The first-order valence-electron chi connectivity index (χ1n) is 11.4. The van der Waals surface area contributed by atoms with E-state index in [0.717, 1.165) is 28.6 Å². The van der Waals surface area contributed by atoms with Gasteiger partial charge in [0.25, 0.3) is 0 Å². The molecule has 174 valence electrons. The van der Waals surface area contributed by atoms with Crippen LogP contribution in [0.4, 0.5) is 0 Å². The lowest BCUT2D eigenvalue weighted by Crippen LogP contribution is -2.55. The summed E-state index contributed by atoms with van der Waals surface area (Å²) >= 11 is 0. The Labute approximate surface area is 192 Å². The maximum Gasteiger partial charge on any atom is 0.308 e. The molecular weight excluding hydrogens is 402 g/mol. The molecule has 5 nitrogen and oxygen atoms in total. The van der Waals surface area contributed by atoms with Crippen molar-refractivity contribution in [3.63, 3.8) is 0 Å². The Morgan fingerprint density at radius 2 is 1.53 bits per heavy atom. The number of quaternary nitrogens is 1. The molecule has 2 aromatic carbocycles. The van der Waals surface area contributed by atoms with Crippen LogP contribution < -0.4 is 4.74 Å². The van der Waals surface area contributed by atoms with E-state index in [1.807, 2.05) is 36.4 Å². The Bertz CT molecular complexity index is 897. The number of esters is 2. The molecule has 0 saturated carbocycles. The summed E-state index contributed by atoms with van der Waals surface area (Å²) in [5.41, 5.74) is 2.98. The fourth-order valence-electron chi connectivity index (χ4n) is 4.10. The lowest BCUT2D eigenvalue weighted by atomic mass is 9.86. The summed E-state index contributed by atoms with van der Waals surface area (Å²) in [7, 11) is 2.31. The first-order chi connectivity index (χ1) is 15.0. The second-order valence-corrected chi connectivity index (χ2v) is 9.26. The molecule has 2 rings (SSSR count). The van der Waals surface area contributed by atoms with Gasteiger partial charge in [0.05, 0.1) is 25.7 Å². The molecule has 0 aromatic heterocycles. The van der Waals surface area contributed by atoms with E-state index in [1.54, 1.807) is 0 Å². The van der Waals surface area contributed by atoms with Gasteiger partial charge in [-0.15, -0.1) is 0 Å². The zero-order valence-electron chi connectivity index (χ0n) is 20.6. The van der Waals surface area contributed by atoms with Crippen molar-refractivity contribution in [1.82, 2.24) is 0 Å². The highest BCUT2D eigenvalue weighted by atomic mass is 16.5. The summed E-state index contributed by atoms with van der Waals surface area (Å²) < 4.78 is 11.8. The van der Waals surface area contributed by atoms with Crippen molar-refractivity contribution in [3.8, 4) is 5.75 Å². The molecule has 0 aliphatic carbocycles. The molecule has 2 aromatic rings. The van der Waals surface area contributed by atoms with E-state index in [-0.39, 0.29) is 24.5 Å². The molecule has 0 fully saturated rings. The van der Waals surface area contributed by atoms with Crippen molar-refractivity contribution in [2.75, 3.05) is 13.6 Å². The van der Waals surface area contributed by atoms with Crippen LogP contribution in [0.2, 0.25) is 0 Å². The van der Waals surface area contributed by atoms with E-state index in [9.17, 15) is 9.59 Å². The number of carbonyl (C=O) groups is 2. The first-order valence-corrected chi connectivity index (χ1v) is 11.4. The molecule has 0 N–H and O–H groups in total. The minimum atomic E-state index is -0.351. The fourth-order valence-corrected chi connectivity index (χ4v) is 4.10. The number of rotatable bonds is 10. The lowest BCUT2D eigenvalue weighted by Gasteiger charge is -2.43. The van der Waals surface area contributed by atoms with Gasteiger partial charge < -0.3 is 14.0 Å². The summed E-state index contributed by atoms with van der Waals surface area (Å²) in [6.07, 6.45) is 0.891. The third-order valence-corrected chi connectivity index (χ3v) is 6.61. The van der Waals surface area contributed by atoms with Crippen LogP contribution in [0.1, 0.15) is 70.6 Å². The third kappa shape index (κ3) is 6.67. The number of hydrogen-bond donors (Lipinski definition) is 0. The Hall–Kier alpha value is -2.66. The van der Waals surface area contributed by atoms with Crippen LogP contribution in [-0.2, 0) is 20.9 Å². The summed E-state index contributed by atoms with van der Waals surface area (Å²) in [5.74, 6) is -0.0769. The Balaban J connectivity index is 2.52. The number of nitrogens with zero attached hydrogens (tertiary/aromatic N) is 1. The van der Waals surface area contributed by atoms with Gasteiger partial charge in [-0.1, -0.05) is 36.4 Å². The molecule has 0 unspecified atom stereocenters. The van der Waals surface area contributed by atoms with Gasteiger partial charge in [0.2, 0.25) is 0 Å². The largest absolute Gasteiger partial charge is 0.461 e. The predicted octanol–water partition coefficient (Wildman–Crippen LogP) is 5.46. The Morgan fingerprint density at radius 1 is 0.906 bits per heavy atom. The van der Waals surface area contributed by atoms with Crippen LogP contribution in [0.15, 0.2) is 48.5 Å². The lowest BCUT2D eigenvalue weighted by molar-refractivity contribution is -0.949. The summed E-state index contributed by atoms with van der Waals surface area (Å²) in [6.45, 7) is 13.0. The van der Waals surface area contributed by atoms with Crippen LogP contribution in [0.5, 0.6) is 5.75 Å². The van der Waals surface area contributed by atoms with E-state index in [2.05, 4.69) is 46.9 Å². The number of ether oxygens (including phenoxy) is 2. The molecule has 5 heteroatoms. The molecule has 32 heavy (non-hydrogen) atoms. The molecule has 0 bridgehead atoms. The summed E-state index contributed by atoms with van der Waals surface area (Å²) in [4.78, 5) is 23.1. The van der Waals surface area contributed by atoms with Crippen LogP contribution in [0, 0.1) is 0 Å². The normalized spacial score (nSPS) is 12.7. The second kappa shape index (κ2) is 11.3. The molecule has 1 atom stereocenters. The van der Waals surface area contributed by atoms with Gasteiger partial charge in [-0.25, -0.2) is 0 Å². The molecule has 0 aliphatic heterocycles. The van der Waals surface area contributed by atoms with Gasteiger partial charge in [0.1, 0.15) is 12.4 Å². The average Bonchev–Trinajstić information content (AvgIpc) is 2.73. The quantitative estimate of drug-likeness (QED) is 0.280. The van der Waals surface area contributed by atoms with Crippen molar-refractivity contribution in [3.05, 3.63) is 65.2 Å². The second-order valence-electron chi connectivity index (χ2n) is 9.26. The maximum absolute atomic E-state index is 11.8. The average molecular weight is 441 g/mol. The van der Waals surface area contributed by atoms with Crippen LogP contribution in [-0.4, -0.2) is 42.1 Å². The van der Waals surface area contributed by atoms with Gasteiger partial charge >= 0.3 is 11.9 Å². The van der Waals surface area contributed by atoms with Crippen LogP contribution in [0.25, 0.3) is 0 Å².